The average Bonchev–Trinajstić information content (AvgIpc) is 2.49. The van der Waals surface area contributed by atoms with Crippen molar-refractivity contribution in [1.82, 2.24) is 5.32 Å². The third-order valence-corrected chi connectivity index (χ3v) is 2.85. The summed E-state index contributed by atoms with van der Waals surface area (Å²) in [5.41, 5.74) is 6.75. The van der Waals surface area contributed by atoms with Crippen molar-refractivity contribution in [3.8, 4) is 17.2 Å². The van der Waals surface area contributed by atoms with Crippen LogP contribution < -0.4 is 25.3 Å². The van der Waals surface area contributed by atoms with Gasteiger partial charge in [-0.3, -0.25) is 0 Å². The summed E-state index contributed by atoms with van der Waals surface area (Å²) in [7, 11) is 4.75. The Morgan fingerprint density at radius 3 is 2.09 bits per heavy atom. The van der Waals surface area contributed by atoms with Gasteiger partial charge in [0, 0.05) is 6.54 Å². The molecule has 0 fully saturated rings. The highest BCUT2D eigenvalue weighted by atomic mass is 127. The molecule has 0 unspecified atom stereocenters. The number of nitrogens with zero attached hydrogens (tertiary/aromatic N) is 1. The molecule has 0 heterocycles. The molecule has 0 aliphatic carbocycles. The van der Waals surface area contributed by atoms with Crippen molar-refractivity contribution in [1.29, 1.82) is 0 Å². The molecule has 3 N–H and O–H groups in total. The first-order chi connectivity index (χ1) is 10.0. The number of hydrogen-bond donors (Lipinski definition) is 2. The van der Waals surface area contributed by atoms with Gasteiger partial charge >= 0.3 is 0 Å². The monoisotopic (exact) mass is 423 g/mol. The van der Waals surface area contributed by atoms with Crippen molar-refractivity contribution in [3.05, 3.63) is 17.7 Å². The Balaban J connectivity index is 0.00000441. The van der Waals surface area contributed by atoms with Crippen LogP contribution in [-0.2, 0) is 6.54 Å². The predicted octanol–water partition coefficient (Wildman–Crippen LogP) is 2.39. The van der Waals surface area contributed by atoms with E-state index in [0.717, 1.165) is 12.1 Å². The molecule has 22 heavy (non-hydrogen) atoms. The van der Waals surface area contributed by atoms with Crippen LogP contribution in [0.15, 0.2) is 17.1 Å². The summed E-state index contributed by atoms with van der Waals surface area (Å²) in [5.74, 6) is 2.72. The highest BCUT2D eigenvalue weighted by Gasteiger charge is 2.12. The van der Waals surface area contributed by atoms with Crippen LogP contribution in [-0.4, -0.2) is 33.8 Å². The van der Waals surface area contributed by atoms with Crippen LogP contribution in [0.3, 0.4) is 0 Å². The fraction of sp³-hybridized carbons (Fsp3) is 0.533. The summed E-state index contributed by atoms with van der Waals surface area (Å²) in [4.78, 5) is 4.30. The molecule has 0 aliphatic heterocycles. The summed E-state index contributed by atoms with van der Waals surface area (Å²) in [6.45, 7) is 5.46. The van der Waals surface area contributed by atoms with E-state index in [9.17, 15) is 0 Å². The van der Waals surface area contributed by atoms with E-state index >= 15 is 0 Å². The predicted molar refractivity (Wildman–Crippen MR) is 99.7 cm³/mol. The molecule has 0 atom stereocenters. The van der Waals surface area contributed by atoms with Gasteiger partial charge < -0.3 is 25.3 Å². The van der Waals surface area contributed by atoms with Crippen molar-refractivity contribution in [2.45, 2.75) is 20.4 Å². The molecule has 0 aromatic heterocycles. The molecule has 6 nitrogen and oxygen atoms in total. The number of methoxy groups -OCH3 is 3. The topological polar surface area (TPSA) is 78.1 Å². The zero-order chi connectivity index (χ0) is 15.8. The second-order valence-electron chi connectivity index (χ2n) is 5.01. The van der Waals surface area contributed by atoms with Crippen molar-refractivity contribution in [3.63, 3.8) is 0 Å². The smallest absolute Gasteiger partial charge is 0.203 e. The van der Waals surface area contributed by atoms with E-state index in [0.29, 0.717) is 35.7 Å². The Morgan fingerprint density at radius 2 is 1.68 bits per heavy atom. The molecule has 1 aromatic carbocycles. The van der Waals surface area contributed by atoms with E-state index in [1.165, 1.54) is 0 Å². The summed E-state index contributed by atoms with van der Waals surface area (Å²) in [5, 5.41) is 3.07. The molecular weight excluding hydrogens is 397 g/mol. The van der Waals surface area contributed by atoms with Gasteiger partial charge in [0.25, 0.3) is 0 Å². The molecule has 7 heteroatoms. The van der Waals surface area contributed by atoms with Gasteiger partial charge in [0.1, 0.15) is 0 Å². The minimum atomic E-state index is 0. The largest absolute Gasteiger partial charge is 0.493 e. The Labute approximate surface area is 149 Å². The number of nitrogens with one attached hydrogen (secondary N) is 1. The van der Waals surface area contributed by atoms with Gasteiger partial charge in [0.2, 0.25) is 5.75 Å². The molecule has 0 saturated heterocycles. The van der Waals surface area contributed by atoms with E-state index in [2.05, 4.69) is 24.2 Å². The lowest BCUT2D eigenvalue weighted by Crippen LogP contribution is -2.34. The van der Waals surface area contributed by atoms with Crippen LogP contribution in [0.25, 0.3) is 0 Å². The summed E-state index contributed by atoms with van der Waals surface area (Å²) in [6.07, 6.45) is 0. The summed E-state index contributed by atoms with van der Waals surface area (Å²) >= 11 is 0. The minimum Gasteiger partial charge on any atom is -0.493 e. The van der Waals surface area contributed by atoms with Crippen molar-refractivity contribution in [2.75, 3.05) is 27.9 Å². The number of benzene rings is 1. The lowest BCUT2D eigenvalue weighted by Gasteiger charge is -2.13. The second kappa shape index (κ2) is 10.4. The van der Waals surface area contributed by atoms with Crippen molar-refractivity contribution in [2.24, 2.45) is 16.6 Å². The van der Waals surface area contributed by atoms with E-state index < -0.39 is 0 Å². The first kappa shape index (κ1) is 20.6. The van der Waals surface area contributed by atoms with Crippen LogP contribution in [0.1, 0.15) is 19.4 Å². The van der Waals surface area contributed by atoms with Gasteiger partial charge in [-0.05, 0) is 23.6 Å². The number of rotatable bonds is 7. The lowest BCUT2D eigenvalue weighted by molar-refractivity contribution is 0.324. The van der Waals surface area contributed by atoms with E-state index in [1.807, 2.05) is 12.1 Å². The third kappa shape index (κ3) is 6.17. The Morgan fingerprint density at radius 1 is 1.14 bits per heavy atom. The number of ether oxygens (including phenoxy) is 3. The number of hydrogen-bond acceptors (Lipinski definition) is 4. The van der Waals surface area contributed by atoms with Crippen molar-refractivity contribution < 1.29 is 14.2 Å². The Bertz CT molecular complexity index is 468. The lowest BCUT2D eigenvalue weighted by atomic mass is 10.2. The van der Waals surface area contributed by atoms with Crippen LogP contribution in [0.5, 0.6) is 17.2 Å². The Kier molecular flexibility index (Phi) is 9.71. The maximum absolute atomic E-state index is 5.82. The average molecular weight is 423 g/mol. The molecule has 0 radical (unpaired) electrons. The number of aliphatic imine (C=N–C) groups is 1. The SMILES string of the molecule is COc1cc(CN=C(N)NCC(C)C)cc(OC)c1OC.I. The molecule has 0 spiro atoms. The first-order valence-electron chi connectivity index (χ1n) is 6.84. The summed E-state index contributed by atoms with van der Waals surface area (Å²) in [6, 6.07) is 3.72. The highest BCUT2D eigenvalue weighted by molar-refractivity contribution is 14.0. The van der Waals surface area contributed by atoms with Gasteiger partial charge in [-0.1, -0.05) is 13.8 Å². The highest BCUT2D eigenvalue weighted by Crippen LogP contribution is 2.38. The maximum atomic E-state index is 5.82. The summed E-state index contributed by atoms with van der Waals surface area (Å²) < 4.78 is 15.9. The molecule has 0 bridgehead atoms. The van der Waals surface area contributed by atoms with Gasteiger partial charge in [-0.25, -0.2) is 4.99 Å². The number of nitrogens with two attached hydrogens (primary N) is 1. The van der Waals surface area contributed by atoms with Crippen LogP contribution >= 0.6 is 24.0 Å². The molecule has 1 aromatic rings. The normalized spacial score (nSPS) is 10.9. The zero-order valence-electron chi connectivity index (χ0n) is 13.8. The fourth-order valence-electron chi connectivity index (χ4n) is 1.77. The fourth-order valence-corrected chi connectivity index (χ4v) is 1.77. The third-order valence-electron chi connectivity index (χ3n) is 2.85. The first-order valence-corrected chi connectivity index (χ1v) is 6.84. The van der Waals surface area contributed by atoms with Crippen LogP contribution in [0.2, 0.25) is 0 Å². The van der Waals surface area contributed by atoms with Gasteiger partial charge in [0.05, 0.1) is 27.9 Å². The van der Waals surface area contributed by atoms with Gasteiger partial charge in [0.15, 0.2) is 17.5 Å². The van der Waals surface area contributed by atoms with Crippen LogP contribution in [0, 0.1) is 5.92 Å². The van der Waals surface area contributed by atoms with E-state index in [4.69, 9.17) is 19.9 Å². The molecule has 1 rings (SSSR count). The van der Waals surface area contributed by atoms with Crippen LogP contribution in [0.4, 0.5) is 0 Å². The molecule has 126 valence electrons. The molecular formula is C15H26IN3O3. The minimum absolute atomic E-state index is 0. The number of halogens is 1. The van der Waals surface area contributed by atoms with E-state index in [1.54, 1.807) is 21.3 Å². The van der Waals surface area contributed by atoms with Gasteiger partial charge in [-0.2, -0.15) is 0 Å². The maximum Gasteiger partial charge on any atom is 0.203 e. The molecule has 0 amide bonds. The van der Waals surface area contributed by atoms with Gasteiger partial charge in [-0.15, -0.1) is 24.0 Å². The number of guanidine groups is 1. The van der Waals surface area contributed by atoms with E-state index in [-0.39, 0.29) is 24.0 Å². The standard InChI is InChI=1S/C15H25N3O3.HI/c1-10(2)8-17-15(16)18-9-11-6-12(19-3)14(21-5)13(7-11)20-4;/h6-7,10H,8-9H2,1-5H3,(H3,16,17,18);1H. The molecule has 0 saturated carbocycles. The second-order valence-corrected chi connectivity index (χ2v) is 5.01. The van der Waals surface area contributed by atoms with Crippen molar-refractivity contribution >= 4 is 29.9 Å². The molecule has 0 aliphatic rings. The quantitative estimate of drug-likeness (QED) is 0.400. The Hall–Kier alpha value is -1.38. The zero-order valence-corrected chi connectivity index (χ0v) is 16.1.